The van der Waals surface area contributed by atoms with E-state index >= 15 is 0 Å². The number of benzene rings is 2. The Bertz CT molecular complexity index is 959. The Balaban J connectivity index is 1.60. The summed E-state index contributed by atoms with van der Waals surface area (Å²) in [5, 5.41) is 3.43. The van der Waals surface area contributed by atoms with Crippen LogP contribution in [-0.2, 0) is 11.3 Å². The molecule has 1 saturated heterocycles. The lowest BCUT2D eigenvalue weighted by Gasteiger charge is -2.33. The lowest BCUT2D eigenvalue weighted by atomic mass is 10.0. The van der Waals surface area contributed by atoms with E-state index in [9.17, 15) is 0 Å². The smallest absolute Gasteiger partial charge is 0.106 e. The monoisotopic (exact) mass is 424 g/mol. The van der Waals surface area contributed by atoms with E-state index in [1.54, 1.807) is 0 Å². The first-order chi connectivity index (χ1) is 13.3. The molecule has 1 aromatic heterocycles. The number of ether oxygens (including phenoxy) is 1. The van der Waals surface area contributed by atoms with Gasteiger partial charge < -0.3 is 9.75 Å². The second-order valence-corrected chi connectivity index (χ2v) is 7.89. The van der Waals surface area contributed by atoms with Gasteiger partial charge >= 0.3 is 0 Å². The SMILES string of the molecule is Brc1ccc2ncc3c(c2c1)C(N1CCOCC1)NN3Cc1ccccc1. The molecule has 27 heavy (non-hydrogen) atoms. The van der Waals surface area contributed by atoms with E-state index in [4.69, 9.17) is 9.72 Å². The van der Waals surface area contributed by atoms with E-state index in [2.05, 4.69) is 79.8 Å². The molecule has 1 atom stereocenters. The number of hydrogen-bond donors (Lipinski definition) is 1. The Morgan fingerprint density at radius 3 is 2.74 bits per heavy atom. The van der Waals surface area contributed by atoms with Gasteiger partial charge in [-0.25, -0.2) is 5.43 Å². The Morgan fingerprint density at radius 2 is 1.93 bits per heavy atom. The topological polar surface area (TPSA) is 40.6 Å². The molecule has 2 aliphatic heterocycles. The Labute approximate surface area is 167 Å². The highest BCUT2D eigenvalue weighted by Gasteiger charge is 2.35. The van der Waals surface area contributed by atoms with E-state index < -0.39 is 0 Å². The molecule has 1 fully saturated rings. The van der Waals surface area contributed by atoms with E-state index in [1.807, 2.05) is 6.20 Å². The highest BCUT2D eigenvalue weighted by Crippen LogP contribution is 2.40. The first-order valence-corrected chi connectivity index (χ1v) is 10.1. The lowest BCUT2D eigenvalue weighted by Crippen LogP contribution is -2.46. The van der Waals surface area contributed by atoms with Crippen molar-refractivity contribution in [1.82, 2.24) is 15.3 Å². The minimum atomic E-state index is 0.132. The van der Waals surface area contributed by atoms with E-state index in [-0.39, 0.29) is 6.17 Å². The van der Waals surface area contributed by atoms with Crippen molar-refractivity contribution >= 4 is 32.5 Å². The minimum absolute atomic E-state index is 0.132. The van der Waals surface area contributed by atoms with Crippen LogP contribution in [0.15, 0.2) is 59.2 Å². The van der Waals surface area contributed by atoms with Crippen LogP contribution in [0.5, 0.6) is 0 Å². The first kappa shape index (κ1) is 17.1. The van der Waals surface area contributed by atoms with Crippen LogP contribution in [0.2, 0.25) is 0 Å². The minimum Gasteiger partial charge on any atom is -0.379 e. The average Bonchev–Trinajstić information content (AvgIpc) is 3.08. The molecule has 0 amide bonds. The molecule has 5 nitrogen and oxygen atoms in total. The number of aromatic nitrogens is 1. The quantitative estimate of drug-likeness (QED) is 0.691. The molecule has 1 unspecified atom stereocenters. The second-order valence-electron chi connectivity index (χ2n) is 6.97. The van der Waals surface area contributed by atoms with Crippen LogP contribution in [0.3, 0.4) is 0 Å². The van der Waals surface area contributed by atoms with Gasteiger partial charge in [0.1, 0.15) is 6.17 Å². The second kappa shape index (κ2) is 7.20. The van der Waals surface area contributed by atoms with Gasteiger partial charge in [0.15, 0.2) is 0 Å². The van der Waals surface area contributed by atoms with Crippen molar-refractivity contribution in [3.63, 3.8) is 0 Å². The number of rotatable bonds is 3. The molecule has 3 heterocycles. The van der Waals surface area contributed by atoms with Crippen molar-refractivity contribution in [1.29, 1.82) is 0 Å². The van der Waals surface area contributed by atoms with Crippen molar-refractivity contribution in [3.8, 4) is 0 Å². The maximum Gasteiger partial charge on any atom is 0.106 e. The van der Waals surface area contributed by atoms with E-state index in [1.165, 1.54) is 16.5 Å². The van der Waals surface area contributed by atoms with Gasteiger partial charge in [0.2, 0.25) is 0 Å². The lowest BCUT2D eigenvalue weighted by molar-refractivity contribution is 0.0104. The largest absolute Gasteiger partial charge is 0.379 e. The third-order valence-corrected chi connectivity index (χ3v) is 5.78. The summed E-state index contributed by atoms with van der Waals surface area (Å²) < 4.78 is 6.65. The summed E-state index contributed by atoms with van der Waals surface area (Å²) in [4.78, 5) is 7.19. The Morgan fingerprint density at radius 1 is 1.11 bits per heavy atom. The third-order valence-electron chi connectivity index (χ3n) is 5.29. The molecular formula is C21H21BrN4O. The normalized spacial score (nSPS) is 20.2. The van der Waals surface area contributed by atoms with Crippen LogP contribution >= 0.6 is 15.9 Å². The first-order valence-electron chi connectivity index (χ1n) is 9.27. The van der Waals surface area contributed by atoms with Gasteiger partial charge in [-0.15, -0.1) is 0 Å². The number of hydrazine groups is 1. The number of fused-ring (bicyclic) bond motifs is 3. The van der Waals surface area contributed by atoms with Crippen molar-refractivity contribution in [2.24, 2.45) is 0 Å². The van der Waals surface area contributed by atoms with Crippen LogP contribution < -0.4 is 10.4 Å². The van der Waals surface area contributed by atoms with E-state index in [0.29, 0.717) is 0 Å². The van der Waals surface area contributed by atoms with Crippen LogP contribution in [0.25, 0.3) is 10.9 Å². The Hall–Kier alpha value is -1.99. The molecular weight excluding hydrogens is 404 g/mol. The van der Waals surface area contributed by atoms with Gasteiger partial charge in [0.25, 0.3) is 0 Å². The maximum atomic E-state index is 5.57. The molecule has 0 aliphatic carbocycles. The molecule has 0 radical (unpaired) electrons. The zero-order valence-electron chi connectivity index (χ0n) is 14.9. The summed E-state index contributed by atoms with van der Waals surface area (Å²) in [7, 11) is 0. The van der Waals surface area contributed by atoms with Gasteiger partial charge in [0.05, 0.1) is 37.2 Å². The molecule has 1 N–H and O–H groups in total. The number of nitrogens with zero attached hydrogens (tertiary/aromatic N) is 3. The maximum absolute atomic E-state index is 5.57. The number of hydrogen-bond acceptors (Lipinski definition) is 5. The summed E-state index contributed by atoms with van der Waals surface area (Å²) in [5.74, 6) is 0. The molecule has 0 bridgehead atoms. The van der Waals surface area contributed by atoms with Crippen LogP contribution in [-0.4, -0.2) is 36.2 Å². The standard InChI is InChI=1S/C21H21BrN4O/c22-16-6-7-18-17(12-16)20-19(13-23-18)26(14-15-4-2-1-3-5-15)24-21(20)25-8-10-27-11-9-25/h1-7,12-13,21,24H,8-11,14H2. The fraction of sp³-hybridized carbons (Fsp3) is 0.286. The zero-order chi connectivity index (χ0) is 18.2. The number of pyridine rings is 1. The van der Waals surface area contributed by atoms with Gasteiger partial charge in [-0.05, 0) is 23.8 Å². The van der Waals surface area contributed by atoms with Gasteiger partial charge in [-0.1, -0.05) is 46.3 Å². The van der Waals surface area contributed by atoms with Crippen molar-refractivity contribution < 1.29 is 4.74 Å². The third kappa shape index (κ3) is 3.23. The summed E-state index contributed by atoms with van der Waals surface area (Å²) in [5.41, 5.74) is 8.49. The molecule has 3 aromatic rings. The molecule has 5 rings (SSSR count). The van der Waals surface area contributed by atoms with Gasteiger partial charge in [-0.2, -0.15) is 0 Å². The fourth-order valence-electron chi connectivity index (χ4n) is 3.96. The zero-order valence-corrected chi connectivity index (χ0v) is 16.5. The fourth-order valence-corrected chi connectivity index (χ4v) is 4.32. The predicted molar refractivity (Wildman–Crippen MR) is 110 cm³/mol. The van der Waals surface area contributed by atoms with Crippen LogP contribution in [0.4, 0.5) is 5.69 Å². The summed E-state index contributed by atoms with van der Waals surface area (Å²) >= 11 is 3.63. The van der Waals surface area contributed by atoms with Crippen molar-refractivity contribution in [2.75, 3.05) is 31.3 Å². The van der Waals surface area contributed by atoms with Crippen LogP contribution in [0, 0.1) is 0 Å². The molecule has 0 spiro atoms. The number of halogens is 1. The van der Waals surface area contributed by atoms with Crippen LogP contribution in [0.1, 0.15) is 17.3 Å². The number of morpholine rings is 1. The molecule has 138 valence electrons. The molecule has 0 saturated carbocycles. The van der Waals surface area contributed by atoms with Gasteiger partial charge in [-0.3, -0.25) is 9.88 Å². The summed E-state index contributed by atoms with van der Waals surface area (Å²) in [6.07, 6.45) is 2.13. The summed E-state index contributed by atoms with van der Waals surface area (Å²) in [6.45, 7) is 4.20. The highest BCUT2D eigenvalue weighted by atomic mass is 79.9. The number of anilines is 1. The van der Waals surface area contributed by atoms with Crippen molar-refractivity contribution in [2.45, 2.75) is 12.7 Å². The average molecular weight is 425 g/mol. The Kier molecular flexibility index (Phi) is 4.57. The highest BCUT2D eigenvalue weighted by molar-refractivity contribution is 9.10. The molecule has 2 aliphatic rings. The van der Waals surface area contributed by atoms with Gasteiger partial charge in [0, 0.05) is 28.5 Å². The van der Waals surface area contributed by atoms with Crippen molar-refractivity contribution in [3.05, 3.63) is 70.3 Å². The van der Waals surface area contributed by atoms with E-state index in [0.717, 1.165) is 48.5 Å². The number of nitrogens with one attached hydrogen (secondary N) is 1. The predicted octanol–water partition coefficient (Wildman–Crippen LogP) is 3.85. The summed E-state index contributed by atoms with van der Waals surface area (Å²) in [6, 6.07) is 16.9. The molecule has 6 heteroatoms. The molecule has 2 aromatic carbocycles.